The highest BCUT2D eigenvalue weighted by atomic mass is 15.2. The van der Waals surface area contributed by atoms with Crippen LogP contribution in [0.2, 0.25) is 0 Å². The maximum absolute atomic E-state index is 5.76. The second kappa shape index (κ2) is 6.20. The predicted octanol–water partition coefficient (Wildman–Crippen LogP) is 4.54. The average molecular weight is 313 g/mol. The molecular formula is C21H19N3. The molecule has 0 atom stereocenters. The van der Waals surface area contributed by atoms with Crippen molar-refractivity contribution >= 4 is 23.4 Å². The maximum atomic E-state index is 5.76. The fourth-order valence-electron chi connectivity index (χ4n) is 3.01. The number of hydrogen-bond acceptors (Lipinski definition) is 3. The molecule has 3 aromatic rings. The number of hydrogen-bond donors (Lipinski definition) is 1. The summed E-state index contributed by atoms with van der Waals surface area (Å²) in [5, 5.41) is 0. The van der Waals surface area contributed by atoms with Gasteiger partial charge < -0.3 is 10.6 Å². The molecule has 0 saturated heterocycles. The minimum atomic E-state index is 0.803. The fraction of sp³-hybridized carbons (Fsp3) is 0.0952. The molecule has 0 aromatic heterocycles. The molecule has 0 aliphatic carbocycles. The first-order chi connectivity index (χ1) is 11.8. The average Bonchev–Trinajstić information content (AvgIpc) is 2.64. The number of nitrogens with zero attached hydrogens (tertiary/aromatic N) is 2. The topological polar surface area (TPSA) is 41.6 Å². The first-order valence-electron chi connectivity index (χ1n) is 8.10. The number of rotatable bonds is 3. The van der Waals surface area contributed by atoms with Crippen molar-refractivity contribution in [3.05, 3.63) is 89.5 Å². The van der Waals surface area contributed by atoms with E-state index in [4.69, 9.17) is 5.73 Å². The highest BCUT2D eigenvalue weighted by Gasteiger charge is 2.13. The number of nitrogens with two attached hydrogens (primary N) is 1. The van der Waals surface area contributed by atoms with E-state index in [1.807, 2.05) is 24.5 Å². The molecule has 0 bridgehead atoms. The van der Waals surface area contributed by atoms with Crippen molar-refractivity contribution in [3.63, 3.8) is 0 Å². The van der Waals surface area contributed by atoms with E-state index in [9.17, 15) is 0 Å². The minimum Gasteiger partial charge on any atom is -0.399 e. The third-order valence-electron chi connectivity index (χ3n) is 4.30. The SMILES string of the molecule is Nc1ccc(Cc2ccc3c(c2)CN(c2ccccc2)C=N3)cc1. The zero-order valence-electron chi connectivity index (χ0n) is 13.4. The number of fused-ring (bicyclic) bond motifs is 1. The summed E-state index contributed by atoms with van der Waals surface area (Å²) in [5.74, 6) is 0. The van der Waals surface area contributed by atoms with Crippen LogP contribution in [-0.4, -0.2) is 6.34 Å². The lowest BCUT2D eigenvalue weighted by atomic mass is 10.0. The summed E-state index contributed by atoms with van der Waals surface area (Å²) < 4.78 is 0. The first-order valence-corrected chi connectivity index (χ1v) is 8.10. The van der Waals surface area contributed by atoms with Crippen LogP contribution in [-0.2, 0) is 13.0 Å². The van der Waals surface area contributed by atoms with Gasteiger partial charge in [0.15, 0.2) is 0 Å². The molecule has 3 nitrogen and oxygen atoms in total. The number of nitrogen functional groups attached to an aromatic ring is 1. The van der Waals surface area contributed by atoms with E-state index in [2.05, 4.69) is 64.5 Å². The lowest BCUT2D eigenvalue weighted by Gasteiger charge is -2.24. The maximum Gasteiger partial charge on any atom is 0.0960 e. The van der Waals surface area contributed by atoms with Crippen LogP contribution in [0.5, 0.6) is 0 Å². The van der Waals surface area contributed by atoms with Crippen LogP contribution in [0.15, 0.2) is 77.8 Å². The zero-order valence-corrected chi connectivity index (χ0v) is 13.4. The summed E-state index contributed by atoms with van der Waals surface area (Å²) >= 11 is 0. The van der Waals surface area contributed by atoms with Gasteiger partial charge in [-0.05, 0) is 53.4 Å². The van der Waals surface area contributed by atoms with Crippen molar-refractivity contribution in [3.8, 4) is 0 Å². The lowest BCUT2D eigenvalue weighted by Crippen LogP contribution is -2.23. The van der Waals surface area contributed by atoms with Crippen molar-refractivity contribution in [2.45, 2.75) is 13.0 Å². The van der Waals surface area contributed by atoms with Crippen molar-refractivity contribution in [1.29, 1.82) is 0 Å². The summed E-state index contributed by atoms with van der Waals surface area (Å²) in [5.41, 5.74) is 12.6. The number of benzene rings is 3. The third-order valence-corrected chi connectivity index (χ3v) is 4.30. The fourth-order valence-corrected chi connectivity index (χ4v) is 3.01. The van der Waals surface area contributed by atoms with Gasteiger partial charge in [-0.15, -0.1) is 0 Å². The second-order valence-electron chi connectivity index (χ2n) is 6.09. The molecule has 3 aromatic carbocycles. The summed E-state index contributed by atoms with van der Waals surface area (Å²) in [6.45, 7) is 0.846. The quantitative estimate of drug-likeness (QED) is 0.721. The van der Waals surface area contributed by atoms with Crippen LogP contribution in [0.1, 0.15) is 16.7 Å². The predicted molar refractivity (Wildman–Crippen MR) is 101 cm³/mol. The van der Waals surface area contributed by atoms with E-state index in [0.717, 1.165) is 30.0 Å². The molecule has 118 valence electrons. The summed E-state index contributed by atoms with van der Waals surface area (Å²) in [4.78, 5) is 6.77. The van der Waals surface area contributed by atoms with E-state index in [1.54, 1.807) is 0 Å². The van der Waals surface area contributed by atoms with Crippen LogP contribution in [0.3, 0.4) is 0 Å². The smallest absolute Gasteiger partial charge is 0.0960 e. The van der Waals surface area contributed by atoms with Crippen molar-refractivity contribution in [2.24, 2.45) is 4.99 Å². The van der Waals surface area contributed by atoms with Gasteiger partial charge >= 0.3 is 0 Å². The second-order valence-corrected chi connectivity index (χ2v) is 6.09. The zero-order chi connectivity index (χ0) is 16.4. The van der Waals surface area contributed by atoms with E-state index >= 15 is 0 Å². The number of aliphatic imine (C=N–C) groups is 1. The largest absolute Gasteiger partial charge is 0.399 e. The van der Waals surface area contributed by atoms with Gasteiger partial charge in [0.1, 0.15) is 0 Å². The molecule has 0 amide bonds. The summed E-state index contributed by atoms with van der Waals surface area (Å²) in [6, 6.07) is 25.0. The summed E-state index contributed by atoms with van der Waals surface area (Å²) in [6.07, 6.45) is 2.82. The molecule has 4 rings (SSSR count). The Labute approximate surface area is 142 Å². The van der Waals surface area contributed by atoms with Crippen LogP contribution < -0.4 is 10.6 Å². The van der Waals surface area contributed by atoms with Crippen molar-refractivity contribution in [1.82, 2.24) is 0 Å². The molecule has 24 heavy (non-hydrogen) atoms. The molecular weight excluding hydrogens is 294 g/mol. The Hall–Kier alpha value is -3.07. The van der Waals surface area contributed by atoms with Gasteiger partial charge in [-0.2, -0.15) is 0 Å². The van der Waals surface area contributed by atoms with Gasteiger partial charge in [-0.25, -0.2) is 4.99 Å². The molecule has 0 unspecified atom stereocenters. The molecule has 1 aliphatic heterocycles. The van der Waals surface area contributed by atoms with Crippen LogP contribution >= 0.6 is 0 Å². The van der Waals surface area contributed by atoms with E-state index < -0.39 is 0 Å². The van der Waals surface area contributed by atoms with E-state index in [-0.39, 0.29) is 0 Å². The van der Waals surface area contributed by atoms with E-state index in [1.165, 1.54) is 16.7 Å². The van der Waals surface area contributed by atoms with Crippen LogP contribution in [0.4, 0.5) is 17.1 Å². The molecule has 0 spiro atoms. The van der Waals surface area contributed by atoms with Gasteiger partial charge in [0.05, 0.1) is 18.6 Å². The van der Waals surface area contributed by atoms with Gasteiger partial charge in [-0.3, -0.25) is 0 Å². The van der Waals surface area contributed by atoms with Gasteiger partial charge in [-0.1, -0.05) is 42.5 Å². The number of anilines is 2. The highest BCUT2D eigenvalue weighted by Crippen LogP contribution is 2.28. The lowest BCUT2D eigenvalue weighted by molar-refractivity contribution is 0.988. The highest BCUT2D eigenvalue weighted by molar-refractivity contribution is 5.84. The first kappa shape index (κ1) is 14.5. The Morgan fingerprint density at radius 2 is 1.62 bits per heavy atom. The Bertz CT molecular complexity index is 867. The molecule has 1 aliphatic rings. The molecule has 3 heteroatoms. The van der Waals surface area contributed by atoms with Crippen LogP contribution in [0, 0.1) is 0 Å². The van der Waals surface area contributed by atoms with Crippen molar-refractivity contribution in [2.75, 3.05) is 10.6 Å². The molecule has 0 fully saturated rings. The molecule has 1 heterocycles. The Balaban J connectivity index is 1.57. The van der Waals surface area contributed by atoms with Crippen molar-refractivity contribution < 1.29 is 0 Å². The van der Waals surface area contributed by atoms with Gasteiger partial charge in [0, 0.05) is 11.4 Å². The Morgan fingerprint density at radius 3 is 2.42 bits per heavy atom. The Kier molecular flexibility index (Phi) is 3.75. The molecule has 2 N–H and O–H groups in total. The van der Waals surface area contributed by atoms with Gasteiger partial charge in [0.25, 0.3) is 0 Å². The molecule has 0 radical (unpaired) electrons. The Morgan fingerprint density at radius 1 is 0.875 bits per heavy atom. The number of para-hydroxylation sites is 1. The van der Waals surface area contributed by atoms with Gasteiger partial charge in [0.2, 0.25) is 0 Å². The third kappa shape index (κ3) is 3.01. The van der Waals surface area contributed by atoms with E-state index in [0.29, 0.717) is 0 Å². The summed E-state index contributed by atoms with van der Waals surface area (Å²) in [7, 11) is 0. The van der Waals surface area contributed by atoms with Crippen LogP contribution in [0.25, 0.3) is 0 Å². The normalized spacial score (nSPS) is 12.9. The molecule has 0 saturated carbocycles. The monoisotopic (exact) mass is 313 g/mol. The minimum absolute atomic E-state index is 0.803. The standard InChI is InChI=1S/C21H19N3/c22-19-9-6-16(7-10-19)12-17-8-11-21-18(13-17)14-24(15-23-21)20-4-2-1-3-5-20/h1-11,13,15H,12,14,22H2.